The van der Waals surface area contributed by atoms with Crippen LogP contribution < -0.4 is 9.47 Å². The zero-order chi connectivity index (χ0) is 27.1. The van der Waals surface area contributed by atoms with Gasteiger partial charge in [0.15, 0.2) is 0 Å². The topological polar surface area (TPSA) is 35.5 Å². The molecule has 0 aliphatic rings. The second kappa shape index (κ2) is 11.5. The first-order chi connectivity index (χ1) is 19.7. The van der Waals surface area contributed by atoms with Gasteiger partial charge in [-0.3, -0.25) is 0 Å². The summed E-state index contributed by atoms with van der Waals surface area (Å²) >= 11 is 0. The Hall–Kier alpha value is -5.41. The highest BCUT2D eigenvalue weighted by Gasteiger charge is 2.09. The molecule has 0 atom stereocenters. The third-order valence-corrected chi connectivity index (χ3v) is 6.76. The van der Waals surface area contributed by atoms with Crippen LogP contribution >= 0.6 is 0 Å². The van der Waals surface area contributed by atoms with Crippen LogP contribution in [-0.4, -0.2) is 6.16 Å². The fraction of sp³-hybridized carbons (Fsp3) is 0. The lowest BCUT2D eigenvalue weighted by atomic mass is 10.0. The minimum atomic E-state index is -0.778. The van der Waals surface area contributed by atoms with Crippen LogP contribution in [0.25, 0.3) is 44.5 Å². The summed E-state index contributed by atoms with van der Waals surface area (Å²) in [5.74, 6) is 0.842. The van der Waals surface area contributed by atoms with Gasteiger partial charge in [-0.2, -0.15) is 0 Å². The molecule has 0 unspecified atom stereocenters. The predicted molar refractivity (Wildman–Crippen MR) is 161 cm³/mol. The largest absolute Gasteiger partial charge is 0.519 e. The Kier molecular flexibility index (Phi) is 7.19. The van der Waals surface area contributed by atoms with E-state index >= 15 is 0 Å². The number of carbonyl (C=O) groups is 1. The third-order valence-electron chi connectivity index (χ3n) is 6.76. The Balaban J connectivity index is 1.05. The van der Waals surface area contributed by atoms with Crippen molar-refractivity contribution in [3.63, 3.8) is 0 Å². The third kappa shape index (κ3) is 5.85. The van der Waals surface area contributed by atoms with E-state index in [0.717, 1.165) is 22.3 Å². The van der Waals surface area contributed by atoms with Gasteiger partial charge in [0.2, 0.25) is 0 Å². The molecule has 0 N–H and O–H groups in total. The second-order valence-corrected chi connectivity index (χ2v) is 9.39. The summed E-state index contributed by atoms with van der Waals surface area (Å²) in [7, 11) is 0. The minimum Gasteiger partial charge on any atom is -0.395 e. The number of rotatable bonds is 6. The molecule has 3 nitrogen and oxygen atoms in total. The zero-order valence-electron chi connectivity index (χ0n) is 21.7. The molecule has 0 spiro atoms. The van der Waals surface area contributed by atoms with Crippen molar-refractivity contribution in [2.75, 3.05) is 0 Å². The molecule has 192 valence electrons. The highest BCUT2D eigenvalue weighted by atomic mass is 16.7. The van der Waals surface area contributed by atoms with Crippen molar-refractivity contribution < 1.29 is 14.3 Å². The Morgan fingerprint density at radius 1 is 0.300 bits per heavy atom. The molecular weight excluding hydrogens is 492 g/mol. The zero-order valence-corrected chi connectivity index (χ0v) is 21.7. The molecule has 0 bridgehead atoms. The molecule has 0 radical (unpaired) electrons. The summed E-state index contributed by atoms with van der Waals surface area (Å²) in [6.45, 7) is 0. The SMILES string of the molecule is O=C(Oc1ccc(-c2ccc(-c3ccccc3)cc2)cc1)Oc1ccc(-c2ccc(-c3ccccc3)cc2)cc1. The maximum absolute atomic E-state index is 12.4. The Morgan fingerprint density at radius 3 is 0.800 bits per heavy atom. The molecule has 0 aromatic heterocycles. The van der Waals surface area contributed by atoms with Crippen molar-refractivity contribution in [2.24, 2.45) is 0 Å². The standard InChI is InChI=1S/C37H26O3/c38-37(39-35-23-19-33(20-24-35)31-15-11-29(12-16-31)27-7-3-1-4-8-27)40-36-25-21-34(22-26-36)32-17-13-30(14-18-32)28-9-5-2-6-10-28/h1-26H. The van der Waals surface area contributed by atoms with Crippen molar-refractivity contribution in [1.29, 1.82) is 0 Å². The lowest BCUT2D eigenvalue weighted by molar-refractivity contribution is 0.152. The Labute approximate surface area is 233 Å². The normalized spacial score (nSPS) is 10.6. The van der Waals surface area contributed by atoms with Gasteiger partial charge < -0.3 is 9.47 Å². The summed E-state index contributed by atoms with van der Waals surface area (Å²) in [6, 6.07) is 52.1. The quantitative estimate of drug-likeness (QED) is 0.163. The predicted octanol–water partition coefficient (Wildman–Crippen LogP) is 9.93. The number of hydrogen-bond acceptors (Lipinski definition) is 3. The van der Waals surface area contributed by atoms with Gasteiger partial charge >= 0.3 is 6.16 Å². The smallest absolute Gasteiger partial charge is 0.395 e. The van der Waals surface area contributed by atoms with Crippen LogP contribution in [0.15, 0.2) is 158 Å². The van der Waals surface area contributed by atoms with E-state index in [0.29, 0.717) is 11.5 Å². The van der Waals surface area contributed by atoms with Gasteiger partial charge in [-0.05, 0) is 68.8 Å². The number of benzene rings is 6. The molecule has 40 heavy (non-hydrogen) atoms. The summed E-state index contributed by atoms with van der Waals surface area (Å²) < 4.78 is 10.8. The second-order valence-electron chi connectivity index (χ2n) is 9.39. The number of hydrogen-bond donors (Lipinski definition) is 0. The van der Waals surface area contributed by atoms with Crippen LogP contribution in [-0.2, 0) is 0 Å². The lowest BCUT2D eigenvalue weighted by Gasteiger charge is -2.09. The first-order valence-corrected chi connectivity index (χ1v) is 13.1. The van der Waals surface area contributed by atoms with Gasteiger partial charge in [0.05, 0.1) is 0 Å². The minimum absolute atomic E-state index is 0.421. The number of ether oxygens (including phenoxy) is 2. The molecule has 6 aromatic carbocycles. The molecule has 0 aliphatic heterocycles. The van der Waals surface area contributed by atoms with Crippen molar-refractivity contribution in [3.05, 3.63) is 158 Å². The van der Waals surface area contributed by atoms with E-state index in [9.17, 15) is 4.79 Å². The van der Waals surface area contributed by atoms with Gasteiger partial charge in [0.25, 0.3) is 0 Å². The van der Waals surface area contributed by atoms with Crippen molar-refractivity contribution in [1.82, 2.24) is 0 Å². The van der Waals surface area contributed by atoms with Crippen LogP contribution in [0.4, 0.5) is 4.79 Å². The fourth-order valence-electron chi connectivity index (χ4n) is 4.62. The maximum atomic E-state index is 12.4. The number of carbonyl (C=O) groups excluding carboxylic acids is 1. The van der Waals surface area contributed by atoms with Gasteiger partial charge in [0, 0.05) is 0 Å². The first kappa shape index (κ1) is 24.9. The van der Waals surface area contributed by atoms with E-state index in [2.05, 4.69) is 72.8 Å². The van der Waals surface area contributed by atoms with E-state index < -0.39 is 6.16 Å². The van der Waals surface area contributed by atoms with Crippen molar-refractivity contribution in [2.45, 2.75) is 0 Å². The summed E-state index contributed by atoms with van der Waals surface area (Å²) in [6.07, 6.45) is -0.778. The summed E-state index contributed by atoms with van der Waals surface area (Å²) in [4.78, 5) is 12.4. The van der Waals surface area contributed by atoms with E-state index in [4.69, 9.17) is 9.47 Å². The molecule has 0 aliphatic carbocycles. The molecule has 0 saturated heterocycles. The molecular formula is C37H26O3. The van der Waals surface area contributed by atoms with Gasteiger partial charge in [-0.25, -0.2) is 4.79 Å². The van der Waals surface area contributed by atoms with Crippen LogP contribution in [0.2, 0.25) is 0 Å². The highest BCUT2D eigenvalue weighted by Crippen LogP contribution is 2.28. The van der Waals surface area contributed by atoms with E-state index in [1.807, 2.05) is 60.7 Å². The van der Waals surface area contributed by atoms with Gasteiger partial charge in [-0.15, -0.1) is 0 Å². The molecule has 0 saturated carbocycles. The monoisotopic (exact) mass is 518 g/mol. The van der Waals surface area contributed by atoms with Crippen LogP contribution in [0.1, 0.15) is 0 Å². The fourth-order valence-corrected chi connectivity index (χ4v) is 4.62. The molecule has 0 heterocycles. The first-order valence-electron chi connectivity index (χ1n) is 13.1. The van der Waals surface area contributed by atoms with E-state index in [-0.39, 0.29) is 0 Å². The summed E-state index contributed by atoms with van der Waals surface area (Å²) in [5, 5.41) is 0. The maximum Gasteiger partial charge on any atom is 0.519 e. The highest BCUT2D eigenvalue weighted by molar-refractivity contribution is 5.73. The molecule has 6 rings (SSSR count). The van der Waals surface area contributed by atoms with Crippen molar-refractivity contribution in [3.8, 4) is 56.0 Å². The van der Waals surface area contributed by atoms with Gasteiger partial charge in [-0.1, -0.05) is 133 Å². The molecule has 6 aromatic rings. The lowest BCUT2D eigenvalue weighted by Crippen LogP contribution is -2.13. The average Bonchev–Trinajstić information content (AvgIpc) is 3.03. The van der Waals surface area contributed by atoms with Crippen LogP contribution in [0.5, 0.6) is 11.5 Å². The van der Waals surface area contributed by atoms with Gasteiger partial charge in [0.1, 0.15) is 11.5 Å². The Bertz CT molecular complexity index is 1560. The summed E-state index contributed by atoms with van der Waals surface area (Å²) in [5.41, 5.74) is 8.95. The van der Waals surface area contributed by atoms with E-state index in [1.165, 1.54) is 22.3 Å². The molecule has 0 fully saturated rings. The molecule has 0 amide bonds. The van der Waals surface area contributed by atoms with Crippen LogP contribution in [0.3, 0.4) is 0 Å². The van der Waals surface area contributed by atoms with Crippen LogP contribution in [0, 0.1) is 0 Å². The van der Waals surface area contributed by atoms with E-state index in [1.54, 1.807) is 24.3 Å². The Morgan fingerprint density at radius 2 is 0.525 bits per heavy atom. The van der Waals surface area contributed by atoms with Crippen molar-refractivity contribution >= 4 is 6.16 Å². The average molecular weight is 519 g/mol. The molecule has 3 heteroatoms.